The molecule has 0 saturated heterocycles. The number of hydrogen-bond acceptors (Lipinski definition) is 3. The highest BCUT2D eigenvalue weighted by atomic mass is 79.9. The van der Waals surface area contributed by atoms with Crippen LogP contribution in [-0.4, -0.2) is 13.2 Å². The van der Waals surface area contributed by atoms with E-state index in [1.54, 1.807) is 0 Å². The van der Waals surface area contributed by atoms with E-state index < -0.39 is 6.10 Å². The lowest BCUT2D eigenvalue weighted by Gasteiger charge is -2.15. The zero-order valence-electron chi connectivity index (χ0n) is 9.46. The molecule has 86 valence electrons. The second kappa shape index (κ2) is 6.51. The zero-order valence-corrected chi connectivity index (χ0v) is 11.0. The smallest absolute Gasteiger partial charge is 0.184 e. The standard InChI is InChI=1S/C12H15BrN2O/c1-3-10(7-14)16-12-9(8-15-2)5-4-6-11(12)13/h4-6,10,15H,3,8H2,1-2H3. The van der Waals surface area contributed by atoms with E-state index >= 15 is 0 Å². The van der Waals surface area contributed by atoms with Gasteiger partial charge in [0.25, 0.3) is 0 Å². The molecule has 0 spiro atoms. The molecular weight excluding hydrogens is 268 g/mol. The van der Waals surface area contributed by atoms with Crippen molar-refractivity contribution < 1.29 is 4.74 Å². The minimum Gasteiger partial charge on any atom is -0.474 e. The van der Waals surface area contributed by atoms with Gasteiger partial charge in [-0.25, -0.2) is 0 Å². The third-order valence-corrected chi connectivity index (χ3v) is 2.82. The maximum absolute atomic E-state index is 8.89. The number of benzene rings is 1. The van der Waals surface area contributed by atoms with E-state index in [1.165, 1.54) is 0 Å². The lowest BCUT2D eigenvalue weighted by atomic mass is 10.2. The van der Waals surface area contributed by atoms with Gasteiger partial charge in [-0.15, -0.1) is 0 Å². The van der Waals surface area contributed by atoms with Gasteiger partial charge in [-0.05, 0) is 35.5 Å². The van der Waals surface area contributed by atoms with Crippen molar-refractivity contribution >= 4 is 15.9 Å². The van der Waals surface area contributed by atoms with E-state index in [0.717, 1.165) is 22.3 Å². The number of halogens is 1. The van der Waals surface area contributed by atoms with Crippen molar-refractivity contribution in [2.75, 3.05) is 7.05 Å². The summed E-state index contributed by atoms with van der Waals surface area (Å²) < 4.78 is 6.56. The Bertz CT molecular complexity index is 387. The molecule has 1 rings (SSSR count). The fourth-order valence-electron chi connectivity index (χ4n) is 1.36. The predicted molar refractivity (Wildman–Crippen MR) is 67.2 cm³/mol. The Balaban J connectivity index is 2.96. The first kappa shape index (κ1) is 13.0. The molecule has 1 atom stereocenters. The zero-order chi connectivity index (χ0) is 12.0. The molecule has 0 bridgehead atoms. The van der Waals surface area contributed by atoms with Crippen molar-refractivity contribution in [2.24, 2.45) is 0 Å². The van der Waals surface area contributed by atoms with E-state index in [0.29, 0.717) is 6.42 Å². The molecule has 1 N–H and O–H groups in total. The topological polar surface area (TPSA) is 45.0 Å². The number of rotatable bonds is 5. The van der Waals surface area contributed by atoms with E-state index in [1.807, 2.05) is 32.2 Å². The Kier molecular flexibility index (Phi) is 5.30. The van der Waals surface area contributed by atoms with Crippen LogP contribution in [0.2, 0.25) is 0 Å². The van der Waals surface area contributed by atoms with Crippen LogP contribution in [0.5, 0.6) is 5.75 Å². The molecule has 4 heteroatoms. The van der Waals surface area contributed by atoms with Gasteiger partial charge in [0.05, 0.1) is 4.47 Å². The molecule has 0 radical (unpaired) electrons. The second-order valence-electron chi connectivity index (χ2n) is 3.40. The number of nitriles is 1. The van der Waals surface area contributed by atoms with Gasteiger partial charge in [0.1, 0.15) is 11.8 Å². The van der Waals surface area contributed by atoms with Crippen LogP contribution in [0.25, 0.3) is 0 Å². The first-order chi connectivity index (χ1) is 7.72. The van der Waals surface area contributed by atoms with Crippen molar-refractivity contribution in [3.05, 3.63) is 28.2 Å². The van der Waals surface area contributed by atoms with E-state index in [4.69, 9.17) is 10.00 Å². The summed E-state index contributed by atoms with van der Waals surface area (Å²) in [5.74, 6) is 0.755. The quantitative estimate of drug-likeness (QED) is 0.903. The molecule has 0 aliphatic heterocycles. The molecule has 0 amide bonds. The van der Waals surface area contributed by atoms with Crippen molar-refractivity contribution in [1.82, 2.24) is 5.32 Å². The summed E-state index contributed by atoms with van der Waals surface area (Å²) in [6.07, 6.45) is 0.283. The molecule has 1 aromatic carbocycles. The Morgan fingerprint density at radius 3 is 2.88 bits per heavy atom. The highest BCUT2D eigenvalue weighted by Crippen LogP contribution is 2.30. The summed E-state index contributed by atoms with van der Waals surface area (Å²) in [5, 5.41) is 12.0. The molecule has 0 fully saturated rings. The summed E-state index contributed by atoms with van der Waals surface area (Å²) in [6.45, 7) is 2.65. The summed E-state index contributed by atoms with van der Waals surface area (Å²) in [6, 6.07) is 7.99. The van der Waals surface area contributed by atoms with Gasteiger partial charge in [-0.3, -0.25) is 0 Å². The largest absolute Gasteiger partial charge is 0.474 e. The first-order valence-electron chi connectivity index (χ1n) is 5.21. The van der Waals surface area contributed by atoms with Gasteiger partial charge in [0.15, 0.2) is 6.10 Å². The molecule has 16 heavy (non-hydrogen) atoms. The molecule has 1 unspecified atom stereocenters. The molecule has 0 aliphatic carbocycles. The number of nitrogens with zero attached hydrogens (tertiary/aromatic N) is 1. The monoisotopic (exact) mass is 282 g/mol. The summed E-state index contributed by atoms with van der Waals surface area (Å²) in [7, 11) is 1.88. The van der Waals surface area contributed by atoms with Gasteiger partial charge in [0, 0.05) is 12.1 Å². The van der Waals surface area contributed by atoms with E-state index in [-0.39, 0.29) is 0 Å². The molecule has 0 heterocycles. The van der Waals surface area contributed by atoms with Crippen LogP contribution in [0.4, 0.5) is 0 Å². The Labute approximate surface area is 105 Å². The van der Waals surface area contributed by atoms with Gasteiger partial charge < -0.3 is 10.1 Å². The Morgan fingerprint density at radius 2 is 2.31 bits per heavy atom. The molecule has 0 aromatic heterocycles. The van der Waals surface area contributed by atoms with Crippen LogP contribution in [0.3, 0.4) is 0 Å². The van der Waals surface area contributed by atoms with Crippen LogP contribution in [0.15, 0.2) is 22.7 Å². The van der Waals surface area contributed by atoms with Crippen molar-refractivity contribution in [1.29, 1.82) is 5.26 Å². The average Bonchev–Trinajstić information content (AvgIpc) is 2.29. The molecule has 3 nitrogen and oxygen atoms in total. The highest BCUT2D eigenvalue weighted by molar-refractivity contribution is 9.10. The third kappa shape index (κ3) is 3.22. The van der Waals surface area contributed by atoms with Crippen molar-refractivity contribution in [2.45, 2.75) is 26.0 Å². The van der Waals surface area contributed by atoms with Crippen LogP contribution in [-0.2, 0) is 6.54 Å². The maximum atomic E-state index is 8.89. The molecule has 0 saturated carbocycles. The SMILES string of the molecule is CCC(C#N)Oc1c(Br)cccc1CNC. The lowest BCUT2D eigenvalue weighted by Crippen LogP contribution is -2.15. The van der Waals surface area contributed by atoms with E-state index in [2.05, 4.69) is 27.3 Å². The van der Waals surface area contributed by atoms with E-state index in [9.17, 15) is 0 Å². The molecular formula is C12H15BrN2O. The minimum atomic E-state index is -0.394. The van der Waals surface area contributed by atoms with Crippen molar-refractivity contribution in [3.63, 3.8) is 0 Å². The number of hydrogen-bond donors (Lipinski definition) is 1. The van der Waals surface area contributed by atoms with Gasteiger partial charge in [-0.2, -0.15) is 5.26 Å². The fraction of sp³-hybridized carbons (Fsp3) is 0.417. The Hall–Kier alpha value is -1.05. The number of ether oxygens (including phenoxy) is 1. The number of para-hydroxylation sites is 1. The highest BCUT2D eigenvalue weighted by Gasteiger charge is 2.12. The summed E-state index contributed by atoms with van der Waals surface area (Å²) in [5.41, 5.74) is 1.05. The maximum Gasteiger partial charge on any atom is 0.184 e. The third-order valence-electron chi connectivity index (χ3n) is 2.19. The molecule has 1 aromatic rings. The second-order valence-corrected chi connectivity index (χ2v) is 4.26. The normalized spacial score (nSPS) is 11.9. The minimum absolute atomic E-state index is 0.394. The fourth-order valence-corrected chi connectivity index (χ4v) is 1.86. The van der Waals surface area contributed by atoms with Gasteiger partial charge in [0.2, 0.25) is 0 Å². The molecule has 0 aliphatic rings. The van der Waals surface area contributed by atoms with Crippen LogP contribution in [0, 0.1) is 11.3 Å². The number of nitrogens with one attached hydrogen (secondary N) is 1. The lowest BCUT2D eigenvalue weighted by molar-refractivity contribution is 0.247. The van der Waals surface area contributed by atoms with Gasteiger partial charge >= 0.3 is 0 Å². The summed E-state index contributed by atoms with van der Waals surface area (Å²) >= 11 is 3.44. The predicted octanol–water partition coefficient (Wildman–Crippen LogP) is 2.85. The van der Waals surface area contributed by atoms with Gasteiger partial charge in [-0.1, -0.05) is 19.1 Å². The summed E-state index contributed by atoms with van der Waals surface area (Å²) in [4.78, 5) is 0. The average molecular weight is 283 g/mol. The first-order valence-corrected chi connectivity index (χ1v) is 6.00. The van der Waals surface area contributed by atoms with Crippen molar-refractivity contribution in [3.8, 4) is 11.8 Å². The Morgan fingerprint density at radius 1 is 1.56 bits per heavy atom. The van der Waals surface area contributed by atoms with Crippen LogP contribution < -0.4 is 10.1 Å². The van der Waals surface area contributed by atoms with Crippen LogP contribution in [0.1, 0.15) is 18.9 Å². The van der Waals surface area contributed by atoms with Crippen LogP contribution >= 0.6 is 15.9 Å².